The molecule has 108 valence electrons. The van der Waals surface area contributed by atoms with Crippen molar-refractivity contribution >= 4 is 8.32 Å². The van der Waals surface area contributed by atoms with E-state index in [2.05, 4.69) is 64.2 Å². The number of rotatable bonds is 3. The van der Waals surface area contributed by atoms with E-state index in [9.17, 15) is 0 Å². The number of benzene rings is 1. The second-order valence-corrected chi connectivity index (χ2v) is 12.2. The molecule has 20 heavy (non-hydrogen) atoms. The Morgan fingerprint density at radius 2 is 1.75 bits per heavy atom. The van der Waals surface area contributed by atoms with E-state index in [4.69, 9.17) is 9.16 Å². The van der Waals surface area contributed by atoms with Crippen LogP contribution < -0.4 is 0 Å². The highest BCUT2D eigenvalue weighted by Gasteiger charge is 2.37. The maximum atomic E-state index is 6.30. The molecule has 3 heteroatoms. The van der Waals surface area contributed by atoms with Crippen LogP contribution in [0.2, 0.25) is 18.1 Å². The fourth-order valence-electron chi connectivity index (χ4n) is 2.50. The molecule has 2 heterocycles. The van der Waals surface area contributed by atoms with Gasteiger partial charge in [0.25, 0.3) is 0 Å². The van der Waals surface area contributed by atoms with Gasteiger partial charge in [-0.3, -0.25) is 0 Å². The van der Waals surface area contributed by atoms with Crippen LogP contribution in [-0.2, 0) is 15.8 Å². The second-order valence-electron chi connectivity index (χ2n) is 7.37. The second kappa shape index (κ2) is 4.55. The number of ether oxygens (including phenoxy) is 1. The summed E-state index contributed by atoms with van der Waals surface area (Å²) in [5.41, 5.74) is 3.92. The third-order valence-corrected chi connectivity index (χ3v) is 9.40. The Labute approximate surface area is 122 Å². The van der Waals surface area contributed by atoms with Gasteiger partial charge in [0.2, 0.25) is 0 Å². The van der Waals surface area contributed by atoms with Crippen LogP contribution in [0, 0.1) is 0 Å². The van der Waals surface area contributed by atoms with Gasteiger partial charge in [0.1, 0.15) is 12.2 Å². The lowest BCUT2D eigenvalue weighted by Gasteiger charge is -2.36. The SMILES string of the molecule is CC(C)(C)[Si](C)(C)OCc1ccc2c(c1)C1C=CC2O1. The van der Waals surface area contributed by atoms with Gasteiger partial charge < -0.3 is 9.16 Å². The van der Waals surface area contributed by atoms with Crippen LogP contribution >= 0.6 is 0 Å². The van der Waals surface area contributed by atoms with E-state index >= 15 is 0 Å². The highest BCUT2D eigenvalue weighted by molar-refractivity contribution is 6.74. The van der Waals surface area contributed by atoms with Crippen molar-refractivity contribution in [2.24, 2.45) is 0 Å². The van der Waals surface area contributed by atoms with Crippen LogP contribution in [0.25, 0.3) is 0 Å². The van der Waals surface area contributed by atoms with Crippen molar-refractivity contribution in [3.63, 3.8) is 0 Å². The van der Waals surface area contributed by atoms with Crippen molar-refractivity contribution in [1.82, 2.24) is 0 Å². The zero-order valence-corrected chi connectivity index (χ0v) is 14.1. The molecule has 0 aromatic heterocycles. The summed E-state index contributed by atoms with van der Waals surface area (Å²) in [6.45, 7) is 12.1. The Hall–Kier alpha value is -0.903. The van der Waals surface area contributed by atoms with E-state index in [1.165, 1.54) is 16.7 Å². The van der Waals surface area contributed by atoms with Crippen LogP contribution in [-0.4, -0.2) is 8.32 Å². The van der Waals surface area contributed by atoms with E-state index in [0.29, 0.717) is 6.61 Å². The zero-order chi connectivity index (χ0) is 14.5. The molecule has 2 nitrogen and oxygen atoms in total. The molecule has 0 spiro atoms. The quantitative estimate of drug-likeness (QED) is 0.582. The minimum Gasteiger partial charge on any atom is -0.413 e. The number of hydrogen-bond donors (Lipinski definition) is 0. The summed E-state index contributed by atoms with van der Waals surface area (Å²) in [7, 11) is -1.67. The minimum atomic E-state index is -1.67. The Morgan fingerprint density at radius 1 is 1.10 bits per heavy atom. The summed E-state index contributed by atoms with van der Waals surface area (Å²) < 4.78 is 12.2. The first kappa shape index (κ1) is 14.1. The molecular formula is C17H24O2Si. The molecule has 2 atom stereocenters. The lowest BCUT2D eigenvalue weighted by Crippen LogP contribution is -2.40. The zero-order valence-electron chi connectivity index (χ0n) is 13.1. The van der Waals surface area contributed by atoms with E-state index in [-0.39, 0.29) is 17.2 Å². The van der Waals surface area contributed by atoms with Crippen molar-refractivity contribution in [1.29, 1.82) is 0 Å². The van der Waals surface area contributed by atoms with Gasteiger partial charge in [-0.25, -0.2) is 0 Å². The van der Waals surface area contributed by atoms with Crippen molar-refractivity contribution in [2.45, 2.75) is 57.7 Å². The van der Waals surface area contributed by atoms with Crippen LogP contribution in [0.1, 0.15) is 49.7 Å². The summed E-state index contributed by atoms with van der Waals surface area (Å²) >= 11 is 0. The summed E-state index contributed by atoms with van der Waals surface area (Å²) in [5.74, 6) is 0. The standard InChI is InChI=1S/C17H24O2Si/c1-17(2,3)20(4,5)18-11-12-6-7-13-14(10-12)16-9-8-15(13)19-16/h6-10,15-16H,11H2,1-5H3. The lowest BCUT2D eigenvalue weighted by molar-refractivity contribution is 0.0878. The Kier molecular flexibility index (Phi) is 3.20. The smallest absolute Gasteiger partial charge is 0.192 e. The Morgan fingerprint density at radius 3 is 2.40 bits per heavy atom. The maximum Gasteiger partial charge on any atom is 0.192 e. The lowest BCUT2D eigenvalue weighted by atomic mass is 9.95. The van der Waals surface area contributed by atoms with E-state index in [1.807, 2.05) is 0 Å². The van der Waals surface area contributed by atoms with E-state index in [0.717, 1.165) is 0 Å². The molecule has 1 aromatic carbocycles. The Bertz CT molecular complexity index is 555. The first-order chi connectivity index (χ1) is 9.28. The van der Waals surface area contributed by atoms with Gasteiger partial charge in [-0.1, -0.05) is 51.1 Å². The first-order valence-electron chi connectivity index (χ1n) is 7.38. The van der Waals surface area contributed by atoms with Crippen LogP contribution in [0.15, 0.2) is 30.4 Å². The van der Waals surface area contributed by atoms with Gasteiger partial charge in [0.15, 0.2) is 8.32 Å². The number of hydrogen-bond acceptors (Lipinski definition) is 2. The molecule has 0 amide bonds. The molecule has 0 radical (unpaired) electrons. The molecular weight excluding hydrogens is 264 g/mol. The predicted octanol–water partition coefficient (Wildman–Crippen LogP) is 4.89. The van der Waals surface area contributed by atoms with Crippen LogP contribution in [0.5, 0.6) is 0 Å². The fraction of sp³-hybridized carbons (Fsp3) is 0.529. The van der Waals surface area contributed by atoms with Gasteiger partial charge in [-0.15, -0.1) is 0 Å². The van der Waals surface area contributed by atoms with Gasteiger partial charge in [0, 0.05) is 0 Å². The topological polar surface area (TPSA) is 18.5 Å². The highest BCUT2D eigenvalue weighted by atomic mass is 28.4. The summed E-state index contributed by atoms with van der Waals surface area (Å²) in [5, 5.41) is 0.259. The normalized spacial score (nSPS) is 24.2. The summed E-state index contributed by atoms with van der Waals surface area (Å²) in [4.78, 5) is 0. The van der Waals surface area contributed by atoms with Crippen molar-refractivity contribution in [3.8, 4) is 0 Å². The summed E-state index contributed by atoms with van der Waals surface area (Å²) in [6.07, 6.45) is 4.66. The van der Waals surface area contributed by atoms with Crippen molar-refractivity contribution < 1.29 is 9.16 Å². The molecule has 0 N–H and O–H groups in total. The van der Waals surface area contributed by atoms with Crippen LogP contribution in [0.3, 0.4) is 0 Å². The van der Waals surface area contributed by atoms with Gasteiger partial charge in [-0.2, -0.15) is 0 Å². The van der Waals surface area contributed by atoms with Gasteiger partial charge in [0.05, 0.1) is 6.61 Å². The van der Waals surface area contributed by atoms with E-state index in [1.54, 1.807) is 0 Å². The van der Waals surface area contributed by atoms with Crippen LogP contribution in [0.4, 0.5) is 0 Å². The molecule has 0 fully saturated rings. The monoisotopic (exact) mass is 288 g/mol. The minimum absolute atomic E-state index is 0.169. The van der Waals surface area contributed by atoms with Gasteiger partial charge in [-0.05, 0) is 34.8 Å². The predicted molar refractivity (Wildman–Crippen MR) is 84.1 cm³/mol. The third kappa shape index (κ3) is 2.28. The molecule has 0 aliphatic carbocycles. The molecule has 0 saturated heterocycles. The molecule has 2 aliphatic heterocycles. The third-order valence-electron chi connectivity index (χ3n) is 4.92. The molecule has 0 saturated carbocycles. The van der Waals surface area contributed by atoms with Crippen molar-refractivity contribution in [2.75, 3.05) is 0 Å². The largest absolute Gasteiger partial charge is 0.413 e. The first-order valence-corrected chi connectivity index (χ1v) is 10.3. The molecule has 3 rings (SSSR count). The Balaban J connectivity index is 1.73. The van der Waals surface area contributed by atoms with Crippen molar-refractivity contribution in [3.05, 3.63) is 47.0 Å². The highest BCUT2D eigenvalue weighted by Crippen LogP contribution is 2.46. The molecule has 1 aromatic rings. The molecule has 2 aliphatic rings. The molecule has 2 unspecified atom stereocenters. The molecule has 2 bridgehead atoms. The average molecular weight is 288 g/mol. The fourth-order valence-corrected chi connectivity index (χ4v) is 3.46. The number of fused-ring (bicyclic) bond motifs is 5. The average Bonchev–Trinajstić information content (AvgIpc) is 2.96. The van der Waals surface area contributed by atoms with E-state index < -0.39 is 8.32 Å². The maximum absolute atomic E-state index is 6.30. The van der Waals surface area contributed by atoms with Gasteiger partial charge >= 0.3 is 0 Å². The summed E-state index contributed by atoms with van der Waals surface area (Å²) in [6, 6.07) is 6.65.